The van der Waals surface area contributed by atoms with Crippen LogP contribution in [0.2, 0.25) is 18.7 Å². The largest absolute Gasteiger partial charge is 0.288 e. The molecule has 0 fully saturated rings. The van der Waals surface area contributed by atoms with Crippen LogP contribution in [0.3, 0.4) is 0 Å². The number of thiophene rings is 1. The van der Waals surface area contributed by atoms with Crippen LogP contribution in [0.15, 0.2) is 24.3 Å². The van der Waals surface area contributed by atoms with E-state index < -0.39 is 0 Å². The number of hydrogen-bond donors (Lipinski definition) is 0. The molecule has 0 unspecified atom stereocenters. The molecule has 0 bridgehead atoms. The fourth-order valence-electron chi connectivity index (χ4n) is 1.34. The first-order valence-corrected chi connectivity index (χ1v) is 6.77. The fourth-order valence-corrected chi connectivity index (χ4v) is 3.37. The molecule has 17 heavy (non-hydrogen) atoms. The summed E-state index contributed by atoms with van der Waals surface area (Å²) in [7, 11) is 0. The number of carbonyl (C=O) groups is 1. The van der Waals surface area contributed by atoms with Crippen LogP contribution in [-0.2, 0) is 0 Å². The molecule has 0 atom stereocenters. The smallest absolute Gasteiger partial charge is 0.198 e. The van der Waals surface area contributed by atoms with Gasteiger partial charge in [0.1, 0.15) is 4.34 Å². The SMILES string of the molecule is O=C(c1cc(Cl)sc1Cl)c1c(Cl)cccc1Cl. The van der Waals surface area contributed by atoms with Crippen molar-refractivity contribution < 1.29 is 4.79 Å². The van der Waals surface area contributed by atoms with Gasteiger partial charge < -0.3 is 0 Å². The third kappa shape index (κ3) is 2.61. The summed E-state index contributed by atoms with van der Waals surface area (Å²) in [4.78, 5) is 12.2. The van der Waals surface area contributed by atoms with Gasteiger partial charge in [0.25, 0.3) is 0 Å². The zero-order chi connectivity index (χ0) is 12.6. The Morgan fingerprint density at radius 3 is 2.12 bits per heavy atom. The maximum absolute atomic E-state index is 12.2. The van der Waals surface area contributed by atoms with Crippen LogP contribution in [0.4, 0.5) is 0 Å². The van der Waals surface area contributed by atoms with Crippen molar-refractivity contribution in [2.24, 2.45) is 0 Å². The van der Waals surface area contributed by atoms with Gasteiger partial charge in [-0.15, -0.1) is 11.3 Å². The summed E-state index contributed by atoms with van der Waals surface area (Å²) in [6.07, 6.45) is 0. The number of rotatable bonds is 2. The molecule has 6 heteroatoms. The molecule has 1 heterocycles. The second-order valence-corrected chi connectivity index (χ2v) is 6.26. The van der Waals surface area contributed by atoms with Gasteiger partial charge >= 0.3 is 0 Å². The fraction of sp³-hybridized carbons (Fsp3) is 0. The van der Waals surface area contributed by atoms with Gasteiger partial charge in [-0.1, -0.05) is 52.5 Å². The lowest BCUT2D eigenvalue weighted by atomic mass is 10.1. The Bertz CT molecular complexity index is 571. The van der Waals surface area contributed by atoms with E-state index in [4.69, 9.17) is 46.4 Å². The van der Waals surface area contributed by atoms with E-state index >= 15 is 0 Å². The number of carbonyl (C=O) groups excluding carboxylic acids is 1. The van der Waals surface area contributed by atoms with Crippen LogP contribution in [0.25, 0.3) is 0 Å². The van der Waals surface area contributed by atoms with Crippen molar-refractivity contribution in [2.45, 2.75) is 0 Å². The van der Waals surface area contributed by atoms with E-state index in [0.717, 1.165) is 11.3 Å². The summed E-state index contributed by atoms with van der Waals surface area (Å²) in [6, 6.07) is 6.38. The Morgan fingerprint density at radius 2 is 1.65 bits per heavy atom. The lowest BCUT2D eigenvalue weighted by molar-refractivity contribution is 0.103. The van der Waals surface area contributed by atoms with Crippen molar-refractivity contribution in [3.63, 3.8) is 0 Å². The Labute approximate surface area is 122 Å². The Balaban J connectivity index is 2.55. The topological polar surface area (TPSA) is 17.1 Å². The second-order valence-electron chi connectivity index (χ2n) is 3.16. The first kappa shape index (κ1) is 13.2. The highest BCUT2D eigenvalue weighted by atomic mass is 35.5. The highest BCUT2D eigenvalue weighted by Crippen LogP contribution is 2.35. The summed E-state index contributed by atoms with van der Waals surface area (Å²) >= 11 is 24.8. The lowest BCUT2D eigenvalue weighted by Gasteiger charge is -2.04. The van der Waals surface area contributed by atoms with Crippen LogP contribution >= 0.6 is 57.7 Å². The van der Waals surface area contributed by atoms with Gasteiger partial charge in [0.2, 0.25) is 0 Å². The van der Waals surface area contributed by atoms with E-state index in [-0.39, 0.29) is 11.3 Å². The van der Waals surface area contributed by atoms with Crippen LogP contribution in [-0.4, -0.2) is 5.78 Å². The predicted octanol–water partition coefficient (Wildman–Crippen LogP) is 5.59. The lowest BCUT2D eigenvalue weighted by Crippen LogP contribution is -2.02. The molecule has 0 saturated carbocycles. The molecule has 0 aliphatic rings. The number of hydrogen-bond acceptors (Lipinski definition) is 2. The zero-order valence-electron chi connectivity index (χ0n) is 8.14. The Morgan fingerprint density at radius 1 is 1.06 bits per heavy atom. The van der Waals surface area contributed by atoms with E-state index in [9.17, 15) is 4.79 Å². The third-order valence-corrected chi connectivity index (χ3v) is 4.21. The average Bonchev–Trinajstić information content (AvgIpc) is 2.57. The average molecular weight is 326 g/mol. The van der Waals surface area contributed by atoms with Gasteiger partial charge in [-0.05, 0) is 18.2 Å². The molecule has 0 radical (unpaired) electrons. The summed E-state index contributed by atoms with van der Waals surface area (Å²) in [5.41, 5.74) is 0.559. The standard InChI is InChI=1S/C11H4Cl4OS/c12-6-2-1-3-7(13)9(6)10(16)5-4-8(14)17-11(5)15/h1-4H. The molecule has 0 aliphatic carbocycles. The monoisotopic (exact) mass is 324 g/mol. The van der Waals surface area contributed by atoms with Crippen molar-refractivity contribution in [1.82, 2.24) is 0 Å². The molecule has 2 rings (SSSR count). The molecule has 88 valence electrons. The van der Waals surface area contributed by atoms with Gasteiger partial charge in [-0.25, -0.2) is 0 Å². The molecule has 0 amide bonds. The molecular weight excluding hydrogens is 322 g/mol. The normalized spacial score (nSPS) is 10.6. The van der Waals surface area contributed by atoms with E-state index in [0.29, 0.717) is 24.3 Å². The minimum absolute atomic E-state index is 0.243. The summed E-state index contributed by atoms with van der Waals surface area (Å²) in [6.45, 7) is 0. The van der Waals surface area contributed by atoms with Crippen molar-refractivity contribution >= 4 is 63.5 Å². The van der Waals surface area contributed by atoms with Gasteiger partial charge in [0.15, 0.2) is 5.78 Å². The molecule has 1 aromatic heterocycles. The van der Waals surface area contributed by atoms with Gasteiger partial charge in [0, 0.05) is 0 Å². The minimum Gasteiger partial charge on any atom is -0.288 e. The van der Waals surface area contributed by atoms with Gasteiger partial charge in [-0.2, -0.15) is 0 Å². The number of ketones is 1. The van der Waals surface area contributed by atoms with Gasteiger partial charge in [-0.3, -0.25) is 4.79 Å². The quantitative estimate of drug-likeness (QED) is 0.657. The predicted molar refractivity (Wildman–Crippen MR) is 74.2 cm³/mol. The van der Waals surface area contributed by atoms with Crippen molar-refractivity contribution in [3.8, 4) is 0 Å². The third-order valence-electron chi connectivity index (χ3n) is 2.09. The summed E-state index contributed by atoms with van der Waals surface area (Å²) in [5.74, 6) is -0.325. The van der Waals surface area contributed by atoms with Crippen molar-refractivity contribution in [3.05, 3.63) is 54.1 Å². The molecule has 0 spiro atoms. The molecule has 1 nitrogen and oxygen atoms in total. The van der Waals surface area contributed by atoms with E-state index in [1.165, 1.54) is 6.07 Å². The van der Waals surface area contributed by atoms with Crippen LogP contribution in [0.1, 0.15) is 15.9 Å². The highest BCUT2D eigenvalue weighted by molar-refractivity contribution is 7.20. The molecule has 0 aliphatic heterocycles. The minimum atomic E-state index is -0.325. The van der Waals surface area contributed by atoms with E-state index in [1.807, 2.05) is 0 Å². The van der Waals surface area contributed by atoms with E-state index in [1.54, 1.807) is 18.2 Å². The molecule has 0 N–H and O–H groups in total. The first-order chi connectivity index (χ1) is 8.00. The first-order valence-electron chi connectivity index (χ1n) is 4.44. The second kappa shape index (κ2) is 5.17. The Hall–Kier alpha value is -0.250. The highest BCUT2D eigenvalue weighted by Gasteiger charge is 2.20. The van der Waals surface area contributed by atoms with Crippen molar-refractivity contribution in [1.29, 1.82) is 0 Å². The molecular formula is C11H4Cl4OS. The van der Waals surface area contributed by atoms with E-state index in [2.05, 4.69) is 0 Å². The molecule has 2 aromatic rings. The van der Waals surface area contributed by atoms with Gasteiger partial charge in [0.05, 0.1) is 25.5 Å². The maximum atomic E-state index is 12.2. The molecule has 1 aromatic carbocycles. The van der Waals surface area contributed by atoms with Crippen LogP contribution in [0, 0.1) is 0 Å². The zero-order valence-corrected chi connectivity index (χ0v) is 12.0. The van der Waals surface area contributed by atoms with Crippen LogP contribution in [0.5, 0.6) is 0 Å². The number of benzene rings is 1. The summed E-state index contributed by atoms with van der Waals surface area (Å²) < 4.78 is 0.775. The van der Waals surface area contributed by atoms with Crippen molar-refractivity contribution in [2.75, 3.05) is 0 Å². The number of halogens is 4. The Kier molecular flexibility index (Phi) is 4.01. The summed E-state index contributed by atoms with van der Waals surface area (Å²) in [5, 5.41) is 0.585. The maximum Gasteiger partial charge on any atom is 0.198 e. The van der Waals surface area contributed by atoms with Crippen LogP contribution < -0.4 is 0 Å². The molecule has 0 saturated heterocycles.